The van der Waals surface area contributed by atoms with Crippen LogP contribution in [0.3, 0.4) is 0 Å². The van der Waals surface area contributed by atoms with Crippen molar-refractivity contribution in [2.75, 3.05) is 18.8 Å². The van der Waals surface area contributed by atoms with Gasteiger partial charge in [-0.3, -0.25) is 4.79 Å². The molecular formula is C20H22FIN6O. The normalized spacial score (nSPS) is 13.4. The van der Waals surface area contributed by atoms with Crippen molar-refractivity contribution >= 4 is 45.4 Å². The predicted octanol–water partition coefficient (Wildman–Crippen LogP) is 2.87. The van der Waals surface area contributed by atoms with Crippen LogP contribution in [0.2, 0.25) is 0 Å². The number of carbonyl (C=O) groups is 1. The first-order valence-electron chi connectivity index (χ1n) is 9.71. The predicted molar refractivity (Wildman–Crippen MR) is 117 cm³/mol. The van der Waals surface area contributed by atoms with Gasteiger partial charge < -0.3 is 15.6 Å². The third-order valence-electron chi connectivity index (χ3n) is 5.15. The van der Waals surface area contributed by atoms with E-state index in [1.807, 2.05) is 10.6 Å². The molecule has 1 aromatic carbocycles. The SMILES string of the molecule is CCCNCCn1c(Cc2cc3c(cc2I)CCC3=O)nc2c(N)nc(F)nc21. The molecule has 0 bridgehead atoms. The van der Waals surface area contributed by atoms with Crippen molar-refractivity contribution in [2.24, 2.45) is 0 Å². The summed E-state index contributed by atoms with van der Waals surface area (Å²) in [7, 11) is 0. The average molecular weight is 508 g/mol. The Morgan fingerprint density at radius 1 is 1.24 bits per heavy atom. The van der Waals surface area contributed by atoms with E-state index in [1.54, 1.807) is 0 Å². The number of nitrogens with one attached hydrogen (secondary N) is 1. The lowest BCUT2D eigenvalue weighted by atomic mass is 10.0. The summed E-state index contributed by atoms with van der Waals surface area (Å²) in [5, 5.41) is 3.35. The smallest absolute Gasteiger partial charge is 0.312 e. The maximum atomic E-state index is 13.8. The van der Waals surface area contributed by atoms with Crippen LogP contribution in [0.4, 0.5) is 10.2 Å². The van der Waals surface area contributed by atoms with Gasteiger partial charge >= 0.3 is 6.08 Å². The summed E-state index contributed by atoms with van der Waals surface area (Å²) in [6, 6.07) is 4.06. The summed E-state index contributed by atoms with van der Waals surface area (Å²) < 4.78 is 16.8. The molecule has 2 aromatic heterocycles. The molecule has 0 atom stereocenters. The molecule has 152 valence electrons. The lowest BCUT2D eigenvalue weighted by molar-refractivity contribution is 0.0994. The van der Waals surface area contributed by atoms with E-state index in [4.69, 9.17) is 5.73 Å². The number of carbonyl (C=O) groups excluding carboxylic acids is 1. The maximum absolute atomic E-state index is 13.8. The molecule has 0 fully saturated rings. The van der Waals surface area contributed by atoms with Gasteiger partial charge in [0.05, 0.1) is 0 Å². The topological polar surface area (TPSA) is 98.7 Å². The number of anilines is 1. The van der Waals surface area contributed by atoms with Crippen molar-refractivity contribution in [1.82, 2.24) is 24.8 Å². The molecule has 0 unspecified atom stereocenters. The van der Waals surface area contributed by atoms with Gasteiger partial charge in [-0.1, -0.05) is 6.92 Å². The Hall–Kier alpha value is -2.14. The zero-order chi connectivity index (χ0) is 20.5. The molecule has 4 rings (SSSR count). The third-order valence-corrected chi connectivity index (χ3v) is 6.16. The fourth-order valence-electron chi connectivity index (χ4n) is 3.72. The number of hydrogen-bond acceptors (Lipinski definition) is 6. The van der Waals surface area contributed by atoms with Crippen LogP contribution in [0.15, 0.2) is 12.1 Å². The summed E-state index contributed by atoms with van der Waals surface area (Å²) in [4.78, 5) is 24.4. The number of fused-ring (bicyclic) bond motifs is 2. The van der Waals surface area contributed by atoms with Gasteiger partial charge in [0.2, 0.25) is 0 Å². The molecule has 0 saturated heterocycles. The van der Waals surface area contributed by atoms with Crippen molar-refractivity contribution in [3.8, 4) is 0 Å². The van der Waals surface area contributed by atoms with E-state index in [1.165, 1.54) is 0 Å². The first kappa shape index (κ1) is 20.1. The molecule has 0 spiro atoms. The second kappa shape index (κ2) is 8.31. The van der Waals surface area contributed by atoms with E-state index in [9.17, 15) is 9.18 Å². The Labute approximate surface area is 181 Å². The van der Waals surface area contributed by atoms with E-state index in [0.29, 0.717) is 37.1 Å². The average Bonchev–Trinajstić information content (AvgIpc) is 3.20. The molecule has 9 heteroatoms. The number of rotatable bonds is 7. The number of halogens is 2. The molecule has 2 heterocycles. The minimum Gasteiger partial charge on any atom is -0.382 e. The molecule has 3 aromatic rings. The molecule has 0 amide bonds. The molecule has 3 N–H and O–H groups in total. The van der Waals surface area contributed by atoms with Crippen LogP contribution in [0, 0.1) is 9.65 Å². The highest BCUT2D eigenvalue weighted by Gasteiger charge is 2.23. The van der Waals surface area contributed by atoms with Gasteiger partial charge in [0.1, 0.15) is 5.82 Å². The first-order chi connectivity index (χ1) is 14.0. The summed E-state index contributed by atoms with van der Waals surface area (Å²) in [5.74, 6) is 0.952. The molecule has 29 heavy (non-hydrogen) atoms. The Bertz CT molecular complexity index is 1100. The monoisotopic (exact) mass is 508 g/mol. The van der Waals surface area contributed by atoms with Crippen LogP contribution in [-0.4, -0.2) is 38.4 Å². The molecule has 0 saturated carbocycles. The Kier molecular flexibility index (Phi) is 5.77. The van der Waals surface area contributed by atoms with Gasteiger partial charge in [-0.15, -0.1) is 0 Å². The summed E-state index contributed by atoms with van der Waals surface area (Å²) in [6.45, 7) is 4.30. The Morgan fingerprint density at radius 3 is 2.86 bits per heavy atom. The lowest BCUT2D eigenvalue weighted by Crippen LogP contribution is -2.22. The lowest BCUT2D eigenvalue weighted by Gasteiger charge is -2.11. The van der Waals surface area contributed by atoms with Crippen LogP contribution in [0.1, 0.15) is 47.1 Å². The number of imidazole rings is 1. The molecular weight excluding hydrogens is 486 g/mol. The third kappa shape index (κ3) is 3.97. The van der Waals surface area contributed by atoms with E-state index in [0.717, 1.165) is 45.5 Å². The molecule has 1 aliphatic rings. The Balaban J connectivity index is 1.74. The minimum atomic E-state index is -0.859. The number of Topliss-reactive ketones (excluding diaryl/α,β-unsaturated/α-hetero) is 1. The standard InChI is InChI=1S/C20H22FIN6O/c1-2-5-24-6-7-28-16(25-17-18(23)26-20(21)27-19(17)28)10-12-8-13-11(9-14(12)22)3-4-15(13)29/h8-9,24H,2-7,10H2,1H3,(H2,23,26,27). The fraction of sp³-hybridized carbons (Fsp3) is 0.400. The number of ketones is 1. The highest BCUT2D eigenvalue weighted by atomic mass is 127. The van der Waals surface area contributed by atoms with E-state index >= 15 is 0 Å². The minimum absolute atomic E-state index is 0.0350. The van der Waals surface area contributed by atoms with Gasteiger partial charge in [-0.05, 0) is 65.2 Å². The zero-order valence-electron chi connectivity index (χ0n) is 16.1. The molecule has 0 radical (unpaired) electrons. The quantitative estimate of drug-likeness (QED) is 0.290. The van der Waals surface area contributed by atoms with Gasteiger partial charge in [0.15, 0.2) is 22.8 Å². The van der Waals surface area contributed by atoms with Crippen molar-refractivity contribution in [2.45, 2.75) is 39.2 Å². The maximum Gasteiger partial charge on any atom is 0.312 e. The number of nitrogen functional groups attached to an aromatic ring is 1. The summed E-state index contributed by atoms with van der Waals surface area (Å²) in [6.07, 6.45) is 2.05. The fourth-order valence-corrected chi connectivity index (χ4v) is 4.44. The summed E-state index contributed by atoms with van der Waals surface area (Å²) >= 11 is 2.30. The highest BCUT2D eigenvalue weighted by molar-refractivity contribution is 14.1. The second-order valence-electron chi connectivity index (χ2n) is 7.18. The Morgan fingerprint density at radius 2 is 2.07 bits per heavy atom. The van der Waals surface area contributed by atoms with Gasteiger partial charge in [0.25, 0.3) is 0 Å². The largest absolute Gasteiger partial charge is 0.382 e. The van der Waals surface area contributed by atoms with Crippen LogP contribution in [-0.2, 0) is 19.4 Å². The zero-order valence-corrected chi connectivity index (χ0v) is 18.3. The first-order valence-corrected chi connectivity index (χ1v) is 10.8. The summed E-state index contributed by atoms with van der Waals surface area (Å²) in [5.41, 5.74) is 9.64. The van der Waals surface area contributed by atoms with E-state index < -0.39 is 6.08 Å². The molecule has 1 aliphatic carbocycles. The van der Waals surface area contributed by atoms with Gasteiger partial charge in [-0.25, -0.2) is 4.98 Å². The number of nitrogens with two attached hydrogens (primary N) is 1. The van der Waals surface area contributed by atoms with Crippen LogP contribution >= 0.6 is 22.6 Å². The number of benzene rings is 1. The van der Waals surface area contributed by atoms with Crippen LogP contribution < -0.4 is 11.1 Å². The molecule has 7 nitrogen and oxygen atoms in total. The van der Waals surface area contributed by atoms with E-state index in [-0.39, 0.29) is 11.6 Å². The van der Waals surface area contributed by atoms with E-state index in [2.05, 4.69) is 55.8 Å². The second-order valence-corrected chi connectivity index (χ2v) is 8.34. The van der Waals surface area contributed by atoms with Crippen molar-refractivity contribution in [3.05, 3.63) is 44.3 Å². The highest BCUT2D eigenvalue weighted by Crippen LogP contribution is 2.29. The van der Waals surface area contributed by atoms with Crippen molar-refractivity contribution in [3.63, 3.8) is 0 Å². The molecule has 0 aliphatic heterocycles. The number of nitrogens with zero attached hydrogens (tertiary/aromatic N) is 4. The van der Waals surface area contributed by atoms with Crippen molar-refractivity contribution in [1.29, 1.82) is 0 Å². The number of aromatic nitrogens is 4. The number of hydrogen-bond donors (Lipinski definition) is 2. The van der Waals surface area contributed by atoms with Crippen molar-refractivity contribution < 1.29 is 9.18 Å². The van der Waals surface area contributed by atoms with Gasteiger partial charge in [0, 0.05) is 35.1 Å². The van der Waals surface area contributed by atoms with Gasteiger partial charge in [-0.2, -0.15) is 14.4 Å². The number of aryl methyl sites for hydroxylation is 1. The van der Waals surface area contributed by atoms with Crippen LogP contribution in [0.25, 0.3) is 11.2 Å². The van der Waals surface area contributed by atoms with Crippen LogP contribution in [0.5, 0.6) is 0 Å².